The summed E-state index contributed by atoms with van der Waals surface area (Å²) in [5.41, 5.74) is 0.348. The quantitative estimate of drug-likeness (QED) is 0.738. The zero-order valence-corrected chi connectivity index (χ0v) is 16.0. The van der Waals surface area contributed by atoms with Crippen LogP contribution in [0.2, 0.25) is 0 Å². The van der Waals surface area contributed by atoms with Crippen molar-refractivity contribution >= 4 is 17.2 Å². The first-order valence-corrected chi connectivity index (χ1v) is 9.96. The molecule has 1 spiro atoms. The van der Waals surface area contributed by atoms with Crippen molar-refractivity contribution in [3.8, 4) is 0 Å². The average Bonchev–Trinajstić information content (AvgIpc) is 3.18. The summed E-state index contributed by atoms with van der Waals surface area (Å²) < 4.78 is 5.43. The van der Waals surface area contributed by atoms with Gasteiger partial charge in [-0.25, -0.2) is 0 Å². The lowest BCUT2D eigenvalue weighted by Gasteiger charge is -2.48. The number of carbonyl (C=O) groups is 1. The van der Waals surface area contributed by atoms with E-state index in [-0.39, 0.29) is 11.0 Å². The van der Waals surface area contributed by atoms with Gasteiger partial charge in [0.2, 0.25) is 5.91 Å². The summed E-state index contributed by atoms with van der Waals surface area (Å²) >= 11 is 1.87. The molecule has 0 radical (unpaired) electrons. The molecule has 0 bridgehead atoms. The van der Waals surface area contributed by atoms with Gasteiger partial charge in [0.1, 0.15) is 0 Å². The minimum atomic E-state index is 0.154. The standard InChI is InChI=1S/C19H30N2O2S/c1-4-23-12-11-21-15-18(14-17(21)22)7-9-19(10-8-18,20(2)3)16-6-5-13-24-16/h5-6,13H,4,7-12,14-15H2,1-3H3. The van der Waals surface area contributed by atoms with Crippen LogP contribution in [-0.2, 0) is 15.1 Å². The highest BCUT2D eigenvalue weighted by Crippen LogP contribution is 2.52. The first-order chi connectivity index (χ1) is 11.5. The number of rotatable bonds is 6. The largest absolute Gasteiger partial charge is 0.380 e. The Morgan fingerprint density at radius 3 is 2.62 bits per heavy atom. The molecule has 24 heavy (non-hydrogen) atoms. The first-order valence-electron chi connectivity index (χ1n) is 9.08. The molecular weight excluding hydrogens is 320 g/mol. The number of likely N-dealkylation sites (tertiary alicyclic amines) is 1. The highest BCUT2D eigenvalue weighted by molar-refractivity contribution is 7.10. The molecule has 1 aliphatic heterocycles. The lowest BCUT2D eigenvalue weighted by atomic mass is 9.66. The van der Waals surface area contributed by atoms with Crippen molar-refractivity contribution in [2.75, 3.05) is 40.4 Å². The third kappa shape index (κ3) is 3.26. The van der Waals surface area contributed by atoms with Crippen molar-refractivity contribution in [1.29, 1.82) is 0 Å². The van der Waals surface area contributed by atoms with Crippen LogP contribution in [0.25, 0.3) is 0 Å². The van der Waals surface area contributed by atoms with E-state index in [1.165, 1.54) is 4.88 Å². The topological polar surface area (TPSA) is 32.8 Å². The summed E-state index contributed by atoms with van der Waals surface area (Å²) in [4.78, 5) is 18.3. The molecule has 134 valence electrons. The van der Waals surface area contributed by atoms with Crippen LogP contribution in [0.5, 0.6) is 0 Å². The lowest BCUT2D eigenvalue weighted by molar-refractivity contribution is -0.128. The highest BCUT2D eigenvalue weighted by atomic mass is 32.1. The smallest absolute Gasteiger partial charge is 0.223 e. The Morgan fingerprint density at radius 2 is 2.04 bits per heavy atom. The number of ether oxygens (including phenoxy) is 1. The molecule has 2 heterocycles. The third-order valence-corrected chi connectivity index (χ3v) is 7.15. The fraction of sp³-hybridized carbons (Fsp3) is 0.737. The lowest BCUT2D eigenvalue weighted by Crippen LogP contribution is -2.47. The number of carbonyl (C=O) groups excluding carboxylic acids is 1. The van der Waals surface area contributed by atoms with Gasteiger partial charge in [-0.05, 0) is 63.6 Å². The minimum Gasteiger partial charge on any atom is -0.380 e. The molecule has 1 aromatic heterocycles. The molecule has 4 nitrogen and oxygen atoms in total. The van der Waals surface area contributed by atoms with E-state index >= 15 is 0 Å². The Kier molecular flexibility index (Phi) is 5.33. The Balaban J connectivity index is 1.67. The zero-order valence-electron chi connectivity index (χ0n) is 15.2. The second kappa shape index (κ2) is 7.14. The minimum absolute atomic E-state index is 0.154. The van der Waals surface area contributed by atoms with Crippen molar-refractivity contribution in [2.24, 2.45) is 5.41 Å². The number of amides is 1. The third-order valence-electron chi connectivity index (χ3n) is 6.09. The fourth-order valence-electron chi connectivity index (χ4n) is 4.49. The molecule has 1 amide bonds. The summed E-state index contributed by atoms with van der Waals surface area (Å²) in [6.07, 6.45) is 5.30. The van der Waals surface area contributed by atoms with Gasteiger partial charge in [0.05, 0.1) is 12.1 Å². The highest BCUT2D eigenvalue weighted by Gasteiger charge is 2.50. The Labute approximate surface area is 149 Å². The van der Waals surface area contributed by atoms with Crippen LogP contribution < -0.4 is 0 Å². The molecular formula is C19H30N2O2S. The normalized spacial score (nSPS) is 30.7. The summed E-state index contributed by atoms with van der Waals surface area (Å²) in [6.45, 7) is 5.05. The second-order valence-electron chi connectivity index (χ2n) is 7.59. The van der Waals surface area contributed by atoms with Crippen LogP contribution in [-0.4, -0.2) is 56.1 Å². The Hall–Kier alpha value is -0.910. The molecule has 0 N–H and O–H groups in total. The SMILES string of the molecule is CCOCCN1CC2(CCC(c3cccs3)(N(C)C)CC2)CC1=O. The van der Waals surface area contributed by atoms with E-state index in [0.717, 1.165) is 51.8 Å². The van der Waals surface area contributed by atoms with Crippen LogP contribution in [0.3, 0.4) is 0 Å². The van der Waals surface area contributed by atoms with Gasteiger partial charge in [0, 0.05) is 31.0 Å². The van der Waals surface area contributed by atoms with Crippen molar-refractivity contribution in [1.82, 2.24) is 9.80 Å². The molecule has 5 heteroatoms. The monoisotopic (exact) mass is 350 g/mol. The summed E-state index contributed by atoms with van der Waals surface area (Å²) in [7, 11) is 4.40. The molecule has 1 aromatic rings. The summed E-state index contributed by atoms with van der Waals surface area (Å²) in [5, 5.41) is 2.18. The predicted molar refractivity (Wildman–Crippen MR) is 98.3 cm³/mol. The van der Waals surface area contributed by atoms with E-state index in [0.29, 0.717) is 12.5 Å². The van der Waals surface area contributed by atoms with Gasteiger partial charge in [-0.2, -0.15) is 0 Å². The van der Waals surface area contributed by atoms with E-state index in [9.17, 15) is 4.79 Å². The summed E-state index contributed by atoms with van der Waals surface area (Å²) in [5.74, 6) is 0.322. The summed E-state index contributed by atoms with van der Waals surface area (Å²) in [6, 6.07) is 4.43. The van der Waals surface area contributed by atoms with Gasteiger partial charge in [0.15, 0.2) is 0 Å². The van der Waals surface area contributed by atoms with Gasteiger partial charge in [-0.3, -0.25) is 9.69 Å². The number of hydrogen-bond acceptors (Lipinski definition) is 4. The average molecular weight is 351 g/mol. The molecule has 1 aliphatic carbocycles. The molecule has 2 aliphatic rings. The van der Waals surface area contributed by atoms with Crippen molar-refractivity contribution in [3.63, 3.8) is 0 Å². The molecule has 0 aromatic carbocycles. The number of hydrogen-bond donors (Lipinski definition) is 0. The molecule has 3 rings (SSSR count). The van der Waals surface area contributed by atoms with Gasteiger partial charge >= 0.3 is 0 Å². The molecule has 1 saturated carbocycles. The Bertz CT molecular complexity index is 548. The first kappa shape index (κ1) is 17.9. The van der Waals surface area contributed by atoms with Crippen LogP contribution in [0.1, 0.15) is 43.9 Å². The van der Waals surface area contributed by atoms with Crippen molar-refractivity contribution < 1.29 is 9.53 Å². The zero-order chi connectivity index (χ0) is 17.2. The predicted octanol–water partition coefficient (Wildman–Crippen LogP) is 3.33. The molecule has 0 atom stereocenters. The van der Waals surface area contributed by atoms with Gasteiger partial charge in [-0.15, -0.1) is 11.3 Å². The molecule has 0 unspecified atom stereocenters. The van der Waals surface area contributed by atoms with Gasteiger partial charge < -0.3 is 9.64 Å². The van der Waals surface area contributed by atoms with E-state index in [4.69, 9.17) is 4.74 Å². The maximum Gasteiger partial charge on any atom is 0.223 e. The molecule has 1 saturated heterocycles. The van der Waals surface area contributed by atoms with Crippen molar-refractivity contribution in [3.05, 3.63) is 22.4 Å². The maximum absolute atomic E-state index is 12.4. The van der Waals surface area contributed by atoms with Gasteiger partial charge in [-0.1, -0.05) is 6.07 Å². The van der Waals surface area contributed by atoms with E-state index in [1.54, 1.807) is 0 Å². The number of thiophene rings is 1. The van der Waals surface area contributed by atoms with E-state index in [1.807, 2.05) is 23.2 Å². The fourth-order valence-corrected chi connectivity index (χ4v) is 5.56. The molecule has 2 fully saturated rings. The van der Waals surface area contributed by atoms with Crippen molar-refractivity contribution in [2.45, 2.75) is 44.6 Å². The maximum atomic E-state index is 12.4. The second-order valence-corrected chi connectivity index (χ2v) is 8.54. The van der Waals surface area contributed by atoms with E-state index in [2.05, 4.69) is 36.5 Å². The number of nitrogens with zero attached hydrogens (tertiary/aromatic N) is 2. The van der Waals surface area contributed by atoms with Gasteiger partial charge in [0.25, 0.3) is 0 Å². The van der Waals surface area contributed by atoms with E-state index < -0.39 is 0 Å². The van der Waals surface area contributed by atoms with Crippen LogP contribution in [0, 0.1) is 5.41 Å². The van der Waals surface area contributed by atoms with Crippen LogP contribution in [0.15, 0.2) is 17.5 Å². The van der Waals surface area contributed by atoms with Crippen LogP contribution in [0.4, 0.5) is 0 Å². The Morgan fingerprint density at radius 1 is 1.29 bits per heavy atom. The van der Waals surface area contributed by atoms with Crippen LogP contribution >= 0.6 is 11.3 Å².